The molecule has 0 unspecified atom stereocenters. The molecule has 4 rings (SSSR count). The second-order valence-corrected chi connectivity index (χ2v) is 7.71. The Morgan fingerprint density at radius 1 is 0.968 bits per heavy atom. The number of carbonyl (C=O) groups is 1. The standard InChI is InChI=1S/C25H28N4O2/c1-20-8-5-6-11-23(20)31-17-7-12-25(30)29-15-13-28(14-16-29)24-18-22(26-19-27-24)21-9-3-2-4-10-21/h2-6,8-11,18-19H,7,12-17H2,1H3. The lowest BCUT2D eigenvalue weighted by atomic mass is 10.1. The average molecular weight is 417 g/mol. The minimum absolute atomic E-state index is 0.195. The van der Waals surface area contributed by atoms with Crippen LogP contribution in [0.4, 0.5) is 5.82 Å². The first-order valence-corrected chi connectivity index (χ1v) is 10.8. The number of amides is 1. The number of aryl methyl sites for hydroxylation is 1. The molecule has 0 N–H and O–H groups in total. The number of nitrogens with zero attached hydrogens (tertiary/aromatic N) is 4. The Morgan fingerprint density at radius 2 is 1.71 bits per heavy atom. The summed E-state index contributed by atoms with van der Waals surface area (Å²) in [5.41, 5.74) is 3.11. The maximum absolute atomic E-state index is 12.6. The van der Waals surface area contributed by atoms with Gasteiger partial charge >= 0.3 is 0 Å². The highest BCUT2D eigenvalue weighted by Crippen LogP contribution is 2.21. The number of hydrogen-bond donors (Lipinski definition) is 0. The van der Waals surface area contributed by atoms with Crippen LogP contribution in [0.2, 0.25) is 0 Å². The van der Waals surface area contributed by atoms with Gasteiger partial charge in [0.2, 0.25) is 5.91 Å². The molecular formula is C25H28N4O2. The van der Waals surface area contributed by atoms with E-state index in [1.165, 1.54) is 0 Å². The van der Waals surface area contributed by atoms with Gasteiger partial charge in [-0.25, -0.2) is 9.97 Å². The van der Waals surface area contributed by atoms with Crippen LogP contribution >= 0.6 is 0 Å². The first kappa shape index (κ1) is 20.8. The molecule has 6 heteroatoms. The molecule has 160 valence electrons. The Morgan fingerprint density at radius 3 is 2.48 bits per heavy atom. The van der Waals surface area contributed by atoms with Crippen molar-refractivity contribution in [1.82, 2.24) is 14.9 Å². The molecule has 1 saturated heterocycles. The summed E-state index contributed by atoms with van der Waals surface area (Å²) in [6, 6.07) is 20.1. The molecule has 2 aromatic carbocycles. The highest BCUT2D eigenvalue weighted by Gasteiger charge is 2.22. The van der Waals surface area contributed by atoms with Crippen molar-refractivity contribution in [2.75, 3.05) is 37.7 Å². The predicted octanol–water partition coefficient (Wildman–Crippen LogP) is 3.96. The molecule has 1 amide bonds. The fourth-order valence-electron chi connectivity index (χ4n) is 3.75. The maximum atomic E-state index is 12.6. The fourth-order valence-corrected chi connectivity index (χ4v) is 3.75. The molecule has 0 saturated carbocycles. The van der Waals surface area contributed by atoms with Gasteiger partial charge in [-0.15, -0.1) is 0 Å². The lowest BCUT2D eigenvalue weighted by Gasteiger charge is -2.35. The van der Waals surface area contributed by atoms with Gasteiger partial charge in [0.15, 0.2) is 0 Å². The van der Waals surface area contributed by atoms with E-state index in [0.29, 0.717) is 26.1 Å². The van der Waals surface area contributed by atoms with Crippen LogP contribution in [0.15, 0.2) is 67.0 Å². The second kappa shape index (κ2) is 10.1. The van der Waals surface area contributed by atoms with E-state index < -0.39 is 0 Å². The number of ether oxygens (including phenoxy) is 1. The normalized spacial score (nSPS) is 13.8. The highest BCUT2D eigenvalue weighted by atomic mass is 16.5. The Hall–Kier alpha value is -3.41. The number of carbonyl (C=O) groups excluding carboxylic acids is 1. The molecule has 0 atom stereocenters. The second-order valence-electron chi connectivity index (χ2n) is 7.71. The van der Waals surface area contributed by atoms with Gasteiger partial charge in [0, 0.05) is 44.2 Å². The monoisotopic (exact) mass is 416 g/mol. The summed E-state index contributed by atoms with van der Waals surface area (Å²) in [5, 5.41) is 0. The average Bonchev–Trinajstić information content (AvgIpc) is 2.83. The zero-order valence-electron chi connectivity index (χ0n) is 17.9. The van der Waals surface area contributed by atoms with E-state index in [1.807, 2.05) is 72.5 Å². The van der Waals surface area contributed by atoms with Crippen LogP contribution in [0.1, 0.15) is 18.4 Å². The van der Waals surface area contributed by atoms with Crippen molar-refractivity contribution in [3.05, 3.63) is 72.6 Å². The molecule has 31 heavy (non-hydrogen) atoms. The molecule has 0 spiro atoms. The van der Waals surface area contributed by atoms with Crippen LogP contribution < -0.4 is 9.64 Å². The summed E-state index contributed by atoms with van der Waals surface area (Å²) in [6.07, 6.45) is 2.85. The fraction of sp³-hybridized carbons (Fsp3) is 0.320. The van der Waals surface area contributed by atoms with Crippen molar-refractivity contribution in [2.24, 2.45) is 0 Å². The molecule has 1 fully saturated rings. The first-order valence-electron chi connectivity index (χ1n) is 10.8. The van der Waals surface area contributed by atoms with Crippen LogP contribution in [0, 0.1) is 6.92 Å². The molecule has 2 heterocycles. The number of aromatic nitrogens is 2. The molecule has 0 aliphatic carbocycles. The van der Waals surface area contributed by atoms with Gasteiger partial charge in [-0.1, -0.05) is 48.5 Å². The third kappa shape index (κ3) is 5.40. The SMILES string of the molecule is Cc1ccccc1OCCCC(=O)N1CCN(c2cc(-c3ccccc3)ncn2)CC1. The van der Waals surface area contributed by atoms with Gasteiger partial charge in [0.25, 0.3) is 0 Å². The number of rotatable bonds is 7. The van der Waals surface area contributed by atoms with E-state index in [0.717, 1.165) is 47.9 Å². The van der Waals surface area contributed by atoms with E-state index in [2.05, 4.69) is 14.9 Å². The van der Waals surface area contributed by atoms with Gasteiger partial charge in [-0.3, -0.25) is 4.79 Å². The summed E-state index contributed by atoms with van der Waals surface area (Å²) >= 11 is 0. The maximum Gasteiger partial charge on any atom is 0.222 e. The van der Waals surface area contributed by atoms with E-state index in [-0.39, 0.29) is 5.91 Å². The van der Waals surface area contributed by atoms with Crippen LogP contribution in [-0.2, 0) is 4.79 Å². The van der Waals surface area contributed by atoms with Gasteiger partial charge in [-0.05, 0) is 25.0 Å². The summed E-state index contributed by atoms with van der Waals surface area (Å²) < 4.78 is 5.80. The Bertz CT molecular complexity index is 1000. The largest absolute Gasteiger partial charge is 0.493 e. The zero-order chi connectivity index (χ0) is 21.5. The smallest absolute Gasteiger partial charge is 0.222 e. The quantitative estimate of drug-likeness (QED) is 0.546. The predicted molar refractivity (Wildman–Crippen MR) is 122 cm³/mol. The Balaban J connectivity index is 1.24. The van der Waals surface area contributed by atoms with Crippen molar-refractivity contribution < 1.29 is 9.53 Å². The molecule has 0 radical (unpaired) electrons. The van der Waals surface area contributed by atoms with Gasteiger partial charge < -0.3 is 14.5 Å². The van der Waals surface area contributed by atoms with Gasteiger partial charge in [0.05, 0.1) is 12.3 Å². The number of piperazine rings is 1. The summed E-state index contributed by atoms with van der Waals surface area (Å²) in [6.45, 7) is 5.55. The zero-order valence-corrected chi connectivity index (χ0v) is 17.9. The number of benzene rings is 2. The Kier molecular flexibility index (Phi) is 6.77. The molecular weight excluding hydrogens is 388 g/mol. The van der Waals surface area contributed by atoms with E-state index in [4.69, 9.17) is 4.74 Å². The van der Waals surface area contributed by atoms with Crippen LogP contribution in [0.3, 0.4) is 0 Å². The van der Waals surface area contributed by atoms with Gasteiger partial charge in [0.1, 0.15) is 17.9 Å². The van der Waals surface area contributed by atoms with Crippen molar-refractivity contribution in [2.45, 2.75) is 19.8 Å². The van der Waals surface area contributed by atoms with Crippen LogP contribution in [0.5, 0.6) is 5.75 Å². The third-order valence-electron chi connectivity index (χ3n) is 5.56. The molecule has 1 aliphatic rings. The lowest BCUT2D eigenvalue weighted by Crippen LogP contribution is -2.49. The third-order valence-corrected chi connectivity index (χ3v) is 5.56. The van der Waals surface area contributed by atoms with Crippen molar-refractivity contribution in [3.63, 3.8) is 0 Å². The molecule has 1 aromatic heterocycles. The van der Waals surface area contributed by atoms with E-state index >= 15 is 0 Å². The van der Waals surface area contributed by atoms with E-state index in [9.17, 15) is 4.79 Å². The minimum Gasteiger partial charge on any atom is -0.493 e. The molecule has 1 aliphatic heterocycles. The molecule has 3 aromatic rings. The minimum atomic E-state index is 0.195. The summed E-state index contributed by atoms with van der Waals surface area (Å²) in [5.74, 6) is 2.00. The number of para-hydroxylation sites is 1. The van der Waals surface area contributed by atoms with Crippen LogP contribution in [0.25, 0.3) is 11.3 Å². The van der Waals surface area contributed by atoms with E-state index in [1.54, 1.807) is 6.33 Å². The van der Waals surface area contributed by atoms with Crippen LogP contribution in [-0.4, -0.2) is 53.6 Å². The molecule has 6 nitrogen and oxygen atoms in total. The number of hydrogen-bond acceptors (Lipinski definition) is 5. The lowest BCUT2D eigenvalue weighted by molar-refractivity contribution is -0.131. The summed E-state index contributed by atoms with van der Waals surface area (Å²) in [4.78, 5) is 25.6. The topological polar surface area (TPSA) is 58.6 Å². The van der Waals surface area contributed by atoms with Crippen molar-refractivity contribution >= 4 is 11.7 Å². The molecule has 0 bridgehead atoms. The first-order chi connectivity index (χ1) is 15.2. The van der Waals surface area contributed by atoms with Gasteiger partial charge in [-0.2, -0.15) is 0 Å². The van der Waals surface area contributed by atoms with Crippen molar-refractivity contribution in [1.29, 1.82) is 0 Å². The van der Waals surface area contributed by atoms with Crippen molar-refractivity contribution in [3.8, 4) is 17.0 Å². The summed E-state index contributed by atoms with van der Waals surface area (Å²) in [7, 11) is 0. The number of anilines is 1. The highest BCUT2D eigenvalue weighted by molar-refractivity contribution is 5.76. The Labute approximate surface area is 183 Å².